The molecule has 3 rings (SSSR count). The minimum absolute atomic E-state index is 0.0554. The first-order valence-corrected chi connectivity index (χ1v) is 11.1. The van der Waals surface area contributed by atoms with E-state index in [0.717, 1.165) is 49.1 Å². The zero-order valence-electron chi connectivity index (χ0n) is 18.7. The average Bonchev–Trinajstić information content (AvgIpc) is 3.03. The van der Waals surface area contributed by atoms with Crippen LogP contribution in [0.1, 0.15) is 67.1 Å². The minimum atomic E-state index is -0.193. The van der Waals surface area contributed by atoms with Gasteiger partial charge < -0.3 is 20.3 Å². The summed E-state index contributed by atoms with van der Waals surface area (Å²) in [6, 6.07) is 15.5. The lowest BCUT2D eigenvalue weighted by Gasteiger charge is -2.31. The van der Waals surface area contributed by atoms with Crippen molar-refractivity contribution in [3.05, 3.63) is 65.2 Å². The summed E-state index contributed by atoms with van der Waals surface area (Å²) in [7, 11) is 1.66. The number of urea groups is 1. The second-order valence-electron chi connectivity index (χ2n) is 8.32. The Kier molecular flexibility index (Phi) is 7.93. The summed E-state index contributed by atoms with van der Waals surface area (Å²) in [6.45, 7) is 5.02. The Labute approximate surface area is 185 Å². The smallest absolute Gasteiger partial charge is 0.315 e. The zero-order valence-corrected chi connectivity index (χ0v) is 18.7. The molecule has 1 aliphatic rings. The summed E-state index contributed by atoms with van der Waals surface area (Å²) < 4.78 is 5.28. The van der Waals surface area contributed by atoms with Crippen molar-refractivity contribution >= 4 is 11.9 Å². The topological polar surface area (TPSA) is 70.7 Å². The van der Waals surface area contributed by atoms with Crippen LogP contribution in [0.4, 0.5) is 4.79 Å². The van der Waals surface area contributed by atoms with E-state index in [1.165, 1.54) is 0 Å². The van der Waals surface area contributed by atoms with E-state index in [1.807, 2.05) is 55.1 Å². The monoisotopic (exact) mass is 423 g/mol. The molecular formula is C25H33N3O3. The lowest BCUT2D eigenvalue weighted by Crippen LogP contribution is -2.39. The molecule has 2 N–H and O–H groups in total. The molecule has 1 fully saturated rings. The molecule has 2 aromatic rings. The summed E-state index contributed by atoms with van der Waals surface area (Å²) in [5, 5.41) is 5.63. The predicted octanol–water partition coefficient (Wildman–Crippen LogP) is 4.66. The number of carbonyl (C=O) groups is 2. The summed E-state index contributed by atoms with van der Waals surface area (Å²) in [5.74, 6) is 0.876. The quantitative estimate of drug-likeness (QED) is 0.710. The van der Waals surface area contributed by atoms with Crippen molar-refractivity contribution in [1.82, 2.24) is 15.5 Å². The molecule has 0 spiro atoms. The molecule has 0 radical (unpaired) electrons. The first kappa shape index (κ1) is 22.7. The molecule has 6 heteroatoms. The first-order chi connectivity index (χ1) is 15.0. The third-order valence-corrected chi connectivity index (χ3v) is 5.59. The van der Waals surface area contributed by atoms with Gasteiger partial charge in [-0.3, -0.25) is 4.79 Å². The number of amides is 3. The van der Waals surface area contributed by atoms with Crippen molar-refractivity contribution in [3.63, 3.8) is 0 Å². The molecule has 1 unspecified atom stereocenters. The molecule has 0 bridgehead atoms. The Bertz CT molecular complexity index is 863. The number of benzene rings is 2. The van der Waals surface area contributed by atoms with Gasteiger partial charge >= 0.3 is 6.03 Å². The van der Waals surface area contributed by atoms with Crippen LogP contribution in [0.15, 0.2) is 48.5 Å². The maximum atomic E-state index is 13.4. The summed E-state index contributed by atoms with van der Waals surface area (Å²) >= 11 is 0. The van der Waals surface area contributed by atoms with Gasteiger partial charge in [-0.2, -0.15) is 0 Å². The van der Waals surface area contributed by atoms with Gasteiger partial charge in [-0.05, 0) is 62.1 Å². The Balaban J connectivity index is 1.70. The number of rotatable bonds is 6. The standard InChI is InChI=1S/C25H33N3O3/c1-18(2)27-25(30)26-17-19-8-10-21(11-9-19)24(29)28-16-6-4-5-7-23(28)20-12-14-22(31-3)15-13-20/h8-15,18,23H,4-7,16-17H2,1-3H3,(H2,26,27,30). The molecule has 31 heavy (non-hydrogen) atoms. The highest BCUT2D eigenvalue weighted by Gasteiger charge is 2.27. The molecule has 3 amide bonds. The molecule has 1 atom stereocenters. The summed E-state index contributed by atoms with van der Waals surface area (Å²) in [4.78, 5) is 27.2. The van der Waals surface area contributed by atoms with E-state index in [1.54, 1.807) is 7.11 Å². The lowest BCUT2D eigenvalue weighted by atomic mass is 9.99. The van der Waals surface area contributed by atoms with Gasteiger partial charge in [-0.25, -0.2) is 4.79 Å². The van der Waals surface area contributed by atoms with Gasteiger partial charge in [0.05, 0.1) is 13.2 Å². The molecule has 0 aliphatic carbocycles. The minimum Gasteiger partial charge on any atom is -0.497 e. The number of carbonyl (C=O) groups excluding carboxylic acids is 2. The Hall–Kier alpha value is -3.02. The van der Waals surface area contributed by atoms with E-state index in [2.05, 4.69) is 22.8 Å². The number of hydrogen-bond donors (Lipinski definition) is 2. The zero-order chi connectivity index (χ0) is 22.2. The van der Waals surface area contributed by atoms with Crippen molar-refractivity contribution in [2.24, 2.45) is 0 Å². The fraction of sp³-hybridized carbons (Fsp3) is 0.440. The van der Waals surface area contributed by atoms with Crippen LogP contribution in [0, 0.1) is 0 Å². The van der Waals surface area contributed by atoms with Gasteiger partial charge in [0.15, 0.2) is 0 Å². The number of methoxy groups -OCH3 is 1. The molecular weight excluding hydrogens is 390 g/mol. The Morgan fingerprint density at radius 2 is 1.74 bits per heavy atom. The molecule has 166 valence electrons. The van der Waals surface area contributed by atoms with Gasteiger partial charge in [0, 0.05) is 24.7 Å². The summed E-state index contributed by atoms with van der Waals surface area (Å²) in [5.41, 5.74) is 2.78. The van der Waals surface area contributed by atoms with E-state index in [4.69, 9.17) is 4.74 Å². The average molecular weight is 424 g/mol. The van der Waals surface area contributed by atoms with E-state index < -0.39 is 0 Å². The van der Waals surface area contributed by atoms with E-state index in [9.17, 15) is 9.59 Å². The highest BCUT2D eigenvalue weighted by Crippen LogP contribution is 2.32. The highest BCUT2D eigenvalue weighted by atomic mass is 16.5. The maximum absolute atomic E-state index is 13.4. The van der Waals surface area contributed by atoms with Crippen LogP contribution in [0.5, 0.6) is 5.75 Å². The largest absolute Gasteiger partial charge is 0.497 e. The van der Waals surface area contributed by atoms with E-state index >= 15 is 0 Å². The SMILES string of the molecule is COc1ccc(C2CCCCCN2C(=O)c2ccc(CNC(=O)NC(C)C)cc2)cc1. The number of likely N-dealkylation sites (tertiary alicyclic amines) is 1. The Morgan fingerprint density at radius 1 is 1.03 bits per heavy atom. The molecule has 6 nitrogen and oxygen atoms in total. The van der Waals surface area contributed by atoms with E-state index in [0.29, 0.717) is 12.1 Å². The van der Waals surface area contributed by atoms with Crippen LogP contribution in [0.2, 0.25) is 0 Å². The molecule has 2 aromatic carbocycles. The molecule has 1 aliphatic heterocycles. The van der Waals surface area contributed by atoms with Crippen LogP contribution in [0.3, 0.4) is 0 Å². The summed E-state index contributed by atoms with van der Waals surface area (Å²) in [6.07, 6.45) is 4.24. The number of nitrogens with zero attached hydrogens (tertiary/aromatic N) is 1. The third kappa shape index (κ3) is 6.23. The lowest BCUT2D eigenvalue weighted by molar-refractivity contribution is 0.0681. The van der Waals surface area contributed by atoms with Gasteiger partial charge in [0.1, 0.15) is 5.75 Å². The fourth-order valence-electron chi connectivity index (χ4n) is 3.95. The van der Waals surface area contributed by atoms with Crippen molar-refractivity contribution in [2.45, 2.75) is 58.2 Å². The first-order valence-electron chi connectivity index (χ1n) is 11.1. The maximum Gasteiger partial charge on any atom is 0.315 e. The van der Waals surface area contributed by atoms with Crippen molar-refractivity contribution in [1.29, 1.82) is 0 Å². The highest BCUT2D eigenvalue weighted by molar-refractivity contribution is 5.94. The number of ether oxygens (including phenoxy) is 1. The van der Waals surface area contributed by atoms with Gasteiger partial charge in [-0.15, -0.1) is 0 Å². The number of nitrogens with one attached hydrogen (secondary N) is 2. The molecule has 1 saturated heterocycles. The van der Waals surface area contributed by atoms with Gasteiger partial charge in [0.2, 0.25) is 0 Å². The number of hydrogen-bond acceptors (Lipinski definition) is 3. The normalized spacial score (nSPS) is 16.5. The van der Waals surface area contributed by atoms with Crippen LogP contribution >= 0.6 is 0 Å². The second-order valence-corrected chi connectivity index (χ2v) is 8.32. The van der Waals surface area contributed by atoms with Crippen LogP contribution in [-0.2, 0) is 6.54 Å². The van der Waals surface area contributed by atoms with Crippen LogP contribution in [0.25, 0.3) is 0 Å². The fourth-order valence-corrected chi connectivity index (χ4v) is 3.95. The predicted molar refractivity (Wildman–Crippen MR) is 122 cm³/mol. The Morgan fingerprint density at radius 3 is 2.39 bits per heavy atom. The van der Waals surface area contributed by atoms with Crippen LogP contribution < -0.4 is 15.4 Å². The van der Waals surface area contributed by atoms with E-state index in [-0.39, 0.29) is 24.0 Å². The second kappa shape index (κ2) is 10.8. The molecule has 0 aromatic heterocycles. The third-order valence-electron chi connectivity index (χ3n) is 5.59. The van der Waals surface area contributed by atoms with Gasteiger partial charge in [0.25, 0.3) is 5.91 Å². The van der Waals surface area contributed by atoms with Crippen LogP contribution in [-0.4, -0.2) is 36.5 Å². The van der Waals surface area contributed by atoms with Crippen molar-refractivity contribution < 1.29 is 14.3 Å². The van der Waals surface area contributed by atoms with Crippen molar-refractivity contribution in [3.8, 4) is 5.75 Å². The van der Waals surface area contributed by atoms with Gasteiger partial charge in [-0.1, -0.05) is 37.1 Å². The molecule has 1 heterocycles. The van der Waals surface area contributed by atoms with Crippen molar-refractivity contribution in [2.75, 3.05) is 13.7 Å². The molecule has 0 saturated carbocycles.